The summed E-state index contributed by atoms with van der Waals surface area (Å²) in [7, 11) is 0. The Labute approximate surface area is 100 Å². The van der Waals surface area contributed by atoms with E-state index in [0.29, 0.717) is 6.42 Å². The Morgan fingerprint density at radius 3 is 2.76 bits per heavy atom. The maximum atomic E-state index is 13.5. The Morgan fingerprint density at radius 2 is 2.06 bits per heavy atom. The molecule has 2 N–H and O–H groups in total. The molecule has 0 spiro atoms. The van der Waals surface area contributed by atoms with Crippen LogP contribution in [0.5, 0.6) is 0 Å². The molecule has 0 aromatic heterocycles. The van der Waals surface area contributed by atoms with Crippen molar-refractivity contribution in [1.29, 1.82) is 0 Å². The Bertz CT molecular complexity index is 426. The van der Waals surface area contributed by atoms with E-state index in [1.807, 2.05) is 0 Å². The fourth-order valence-corrected chi connectivity index (χ4v) is 2.29. The van der Waals surface area contributed by atoms with Crippen molar-refractivity contribution in [3.63, 3.8) is 0 Å². The van der Waals surface area contributed by atoms with Crippen molar-refractivity contribution in [1.82, 2.24) is 0 Å². The van der Waals surface area contributed by atoms with E-state index in [2.05, 4.69) is 6.08 Å². The van der Waals surface area contributed by atoms with Crippen LogP contribution in [0.25, 0.3) is 0 Å². The summed E-state index contributed by atoms with van der Waals surface area (Å²) in [5.74, 6) is -1.63. The molecule has 0 radical (unpaired) electrons. The lowest BCUT2D eigenvalue weighted by molar-refractivity contribution is 0.486. The minimum Gasteiger partial charge on any atom is -0.324 e. The lowest BCUT2D eigenvalue weighted by Crippen LogP contribution is -2.14. The third-order valence-corrected chi connectivity index (χ3v) is 3.25. The first kappa shape index (κ1) is 12.2. The van der Waals surface area contributed by atoms with Crippen LogP contribution in [0.4, 0.5) is 8.78 Å². The predicted octanol–water partition coefficient (Wildman–Crippen LogP) is 3.86. The minimum absolute atomic E-state index is 0.275. The second kappa shape index (κ2) is 5.41. The van der Waals surface area contributed by atoms with Crippen LogP contribution in [0.15, 0.2) is 29.8 Å². The summed E-state index contributed by atoms with van der Waals surface area (Å²) in [6.45, 7) is 0. The largest absolute Gasteiger partial charge is 0.324 e. The number of benzene rings is 1. The number of halogens is 2. The van der Waals surface area contributed by atoms with Crippen molar-refractivity contribution < 1.29 is 8.78 Å². The van der Waals surface area contributed by atoms with Gasteiger partial charge in [0.25, 0.3) is 0 Å². The van der Waals surface area contributed by atoms with Crippen LogP contribution in [0, 0.1) is 11.6 Å². The zero-order valence-corrected chi connectivity index (χ0v) is 9.76. The summed E-state index contributed by atoms with van der Waals surface area (Å²) in [6.07, 6.45) is 7.30. The first-order chi connectivity index (χ1) is 8.18. The molecule has 1 aromatic carbocycles. The van der Waals surface area contributed by atoms with Crippen molar-refractivity contribution in [3.8, 4) is 0 Å². The third kappa shape index (κ3) is 2.91. The molecular weight excluding hydrogens is 220 g/mol. The molecule has 0 saturated heterocycles. The molecule has 1 aromatic rings. The molecule has 0 bridgehead atoms. The summed E-state index contributed by atoms with van der Waals surface area (Å²) < 4.78 is 26.6. The molecule has 0 aliphatic heterocycles. The second-order valence-electron chi connectivity index (χ2n) is 4.56. The van der Waals surface area contributed by atoms with Gasteiger partial charge in [-0.15, -0.1) is 0 Å². The van der Waals surface area contributed by atoms with Crippen molar-refractivity contribution in [2.24, 2.45) is 5.73 Å². The fourth-order valence-electron chi connectivity index (χ4n) is 2.29. The quantitative estimate of drug-likeness (QED) is 0.794. The van der Waals surface area contributed by atoms with Crippen LogP contribution >= 0.6 is 0 Å². The SMILES string of the molecule is NC(CC1=CCCCC1)c1cccc(F)c1F. The standard InChI is InChI=1S/C14H17F2N/c15-12-8-4-7-11(14(12)16)13(17)9-10-5-2-1-3-6-10/h4-5,7-8,13H,1-3,6,9,17H2. The van der Waals surface area contributed by atoms with E-state index in [9.17, 15) is 8.78 Å². The van der Waals surface area contributed by atoms with Gasteiger partial charge in [0.05, 0.1) is 0 Å². The normalized spacial score (nSPS) is 17.7. The minimum atomic E-state index is -0.824. The summed E-state index contributed by atoms with van der Waals surface area (Å²) in [4.78, 5) is 0. The Hall–Kier alpha value is -1.22. The summed E-state index contributed by atoms with van der Waals surface area (Å²) in [5.41, 5.74) is 7.49. The highest BCUT2D eigenvalue weighted by Crippen LogP contribution is 2.27. The number of rotatable bonds is 3. The smallest absolute Gasteiger partial charge is 0.163 e. The summed E-state index contributed by atoms with van der Waals surface area (Å²) in [6, 6.07) is 3.73. The Balaban J connectivity index is 2.11. The second-order valence-corrected chi connectivity index (χ2v) is 4.56. The van der Waals surface area contributed by atoms with E-state index in [1.165, 1.54) is 24.5 Å². The third-order valence-electron chi connectivity index (χ3n) is 3.25. The fraction of sp³-hybridized carbons (Fsp3) is 0.429. The van der Waals surface area contributed by atoms with E-state index in [1.54, 1.807) is 6.07 Å². The van der Waals surface area contributed by atoms with Gasteiger partial charge >= 0.3 is 0 Å². The van der Waals surface area contributed by atoms with Crippen LogP contribution in [-0.4, -0.2) is 0 Å². The molecule has 1 aliphatic carbocycles. The highest BCUT2D eigenvalue weighted by molar-refractivity contribution is 5.24. The van der Waals surface area contributed by atoms with Crippen molar-refractivity contribution in [2.75, 3.05) is 0 Å². The topological polar surface area (TPSA) is 26.0 Å². The summed E-state index contributed by atoms with van der Waals surface area (Å²) >= 11 is 0. The monoisotopic (exact) mass is 237 g/mol. The van der Waals surface area contributed by atoms with Gasteiger partial charge in [-0.1, -0.05) is 23.8 Å². The average molecular weight is 237 g/mol. The molecule has 0 heterocycles. The van der Waals surface area contributed by atoms with Crippen LogP contribution in [0.3, 0.4) is 0 Å². The zero-order chi connectivity index (χ0) is 12.3. The number of hydrogen-bond acceptors (Lipinski definition) is 1. The molecule has 1 aliphatic rings. The molecule has 92 valence electrons. The van der Waals surface area contributed by atoms with Crippen LogP contribution in [-0.2, 0) is 0 Å². The van der Waals surface area contributed by atoms with E-state index < -0.39 is 17.7 Å². The first-order valence-corrected chi connectivity index (χ1v) is 6.06. The van der Waals surface area contributed by atoms with Gasteiger partial charge in [-0.05, 0) is 38.2 Å². The van der Waals surface area contributed by atoms with Gasteiger partial charge in [0.1, 0.15) is 0 Å². The van der Waals surface area contributed by atoms with E-state index in [-0.39, 0.29) is 5.56 Å². The Kier molecular flexibility index (Phi) is 3.89. The van der Waals surface area contributed by atoms with Crippen LogP contribution in [0.2, 0.25) is 0 Å². The zero-order valence-electron chi connectivity index (χ0n) is 9.76. The molecule has 0 saturated carbocycles. The van der Waals surface area contributed by atoms with Gasteiger partial charge in [0, 0.05) is 11.6 Å². The molecule has 0 fully saturated rings. The van der Waals surface area contributed by atoms with E-state index in [0.717, 1.165) is 18.9 Å². The number of hydrogen-bond donors (Lipinski definition) is 1. The molecule has 1 nitrogen and oxygen atoms in total. The van der Waals surface area contributed by atoms with Crippen molar-refractivity contribution in [3.05, 3.63) is 47.0 Å². The predicted molar refractivity (Wildman–Crippen MR) is 64.5 cm³/mol. The van der Waals surface area contributed by atoms with Crippen LogP contribution < -0.4 is 5.73 Å². The molecule has 1 atom stereocenters. The molecule has 3 heteroatoms. The summed E-state index contributed by atoms with van der Waals surface area (Å²) in [5, 5.41) is 0. The Morgan fingerprint density at radius 1 is 1.24 bits per heavy atom. The molecule has 17 heavy (non-hydrogen) atoms. The van der Waals surface area contributed by atoms with Gasteiger partial charge < -0.3 is 5.73 Å². The lowest BCUT2D eigenvalue weighted by atomic mass is 9.92. The van der Waals surface area contributed by atoms with Gasteiger partial charge in [-0.3, -0.25) is 0 Å². The highest BCUT2D eigenvalue weighted by atomic mass is 19.2. The van der Waals surface area contributed by atoms with Crippen LogP contribution in [0.1, 0.15) is 43.7 Å². The highest BCUT2D eigenvalue weighted by Gasteiger charge is 2.16. The maximum absolute atomic E-state index is 13.5. The molecule has 1 unspecified atom stereocenters. The van der Waals surface area contributed by atoms with Gasteiger partial charge in [0.15, 0.2) is 11.6 Å². The number of allylic oxidation sites excluding steroid dienone is 1. The average Bonchev–Trinajstić information content (AvgIpc) is 2.34. The lowest BCUT2D eigenvalue weighted by Gasteiger charge is -2.18. The first-order valence-electron chi connectivity index (χ1n) is 6.06. The van der Waals surface area contributed by atoms with E-state index in [4.69, 9.17) is 5.73 Å². The maximum Gasteiger partial charge on any atom is 0.163 e. The molecular formula is C14H17F2N. The molecule has 2 rings (SSSR count). The van der Waals surface area contributed by atoms with Gasteiger partial charge in [0.2, 0.25) is 0 Å². The number of nitrogens with two attached hydrogens (primary N) is 1. The van der Waals surface area contributed by atoms with Crippen molar-refractivity contribution in [2.45, 2.75) is 38.1 Å². The van der Waals surface area contributed by atoms with E-state index >= 15 is 0 Å². The van der Waals surface area contributed by atoms with Crippen molar-refractivity contribution >= 4 is 0 Å². The molecule has 0 amide bonds. The van der Waals surface area contributed by atoms with Gasteiger partial charge in [-0.2, -0.15) is 0 Å². The van der Waals surface area contributed by atoms with Gasteiger partial charge in [-0.25, -0.2) is 8.78 Å².